The van der Waals surface area contributed by atoms with Crippen LogP contribution < -0.4 is 0 Å². The van der Waals surface area contributed by atoms with E-state index in [0.29, 0.717) is 4.47 Å². The maximum Gasteiger partial charge on any atom is 0.393 e. The highest BCUT2D eigenvalue weighted by atomic mass is 79.9. The molecule has 0 N–H and O–H groups in total. The second kappa shape index (κ2) is 3.65. The van der Waals surface area contributed by atoms with Crippen LogP contribution in [0.15, 0.2) is 22.7 Å². The molecule has 0 aromatic heterocycles. The average molecular weight is 257 g/mol. The first-order chi connectivity index (χ1) is 5.88. The van der Waals surface area contributed by atoms with E-state index in [-0.39, 0.29) is 5.56 Å². The normalized spacial score (nSPS) is 11.8. The van der Waals surface area contributed by atoms with E-state index >= 15 is 0 Å². The highest BCUT2D eigenvalue weighted by Crippen LogP contribution is 2.24. The van der Waals surface area contributed by atoms with Crippen molar-refractivity contribution in [1.29, 1.82) is 0 Å². The molecule has 0 fully saturated rings. The molecule has 0 aliphatic carbocycles. The summed E-state index contributed by atoms with van der Waals surface area (Å²) in [7, 11) is 0. The van der Waals surface area contributed by atoms with Crippen molar-refractivity contribution in [3.05, 3.63) is 34.1 Å². The number of hydrogen-bond acceptors (Lipinski definition) is 0. The predicted molar refractivity (Wildman–Crippen MR) is 43.9 cm³/mol. The maximum atomic E-state index is 12.8. The third kappa shape index (κ3) is 3.34. The van der Waals surface area contributed by atoms with Gasteiger partial charge in [-0.1, -0.05) is 15.9 Å². The molecule has 13 heavy (non-hydrogen) atoms. The number of hydrogen-bond donors (Lipinski definition) is 0. The molecule has 0 nitrogen and oxygen atoms in total. The van der Waals surface area contributed by atoms with Gasteiger partial charge in [-0.2, -0.15) is 13.2 Å². The highest BCUT2D eigenvalue weighted by molar-refractivity contribution is 9.10. The fourth-order valence-corrected chi connectivity index (χ4v) is 1.30. The first-order valence-electron chi connectivity index (χ1n) is 3.39. The zero-order valence-corrected chi connectivity index (χ0v) is 7.91. The third-order valence-corrected chi connectivity index (χ3v) is 1.89. The number of halogens is 5. The van der Waals surface area contributed by atoms with E-state index in [1.54, 1.807) is 0 Å². The van der Waals surface area contributed by atoms with E-state index in [1.165, 1.54) is 6.07 Å². The molecule has 0 spiro atoms. The molecule has 0 unspecified atom stereocenters. The Hall–Kier alpha value is -0.580. The molecule has 72 valence electrons. The fraction of sp³-hybridized carbons (Fsp3) is 0.250. The second-order valence-electron chi connectivity index (χ2n) is 2.53. The SMILES string of the molecule is Fc1ccc(Br)cc1CC(F)(F)F. The van der Waals surface area contributed by atoms with Gasteiger partial charge in [-0.15, -0.1) is 0 Å². The van der Waals surface area contributed by atoms with Crippen LogP contribution in [0.5, 0.6) is 0 Å². The van der Waals surface area contributed by atoms with Crippen LogP contribution in [0, 0.1) is 5.82 Å². The van der Waals surface area contributed by atoms with E-state index < -0.39 is 18.4 Å². The molecule has 1 aromatic carbocycles. The van der Waals surface area contributed by atoms with Gasteiger partial charge in [0, 0.05) is 4.47 Å². The summed E-state index contributed by atoms with van der Waals surface area (Å²) in [6.45, 7) is 0. The van der Waals surface area contributed by atoms with E-state index in [2.05, 4.69) is 15.9 Å². The smallest absolute Gasteiger partial charge is 0.207 e. The summed E-state index contributed by atoms with van der Waals surface area (Å²) in [5.41, 5.74) is -0.345. The summed E-state index contributed by atoms with van der Waals surface area (Å²) in [6.07, 6.45) is -5.61. The van der Waals surface area contributed by atoms with Gasteiger partial charge in [0.15, 0.2) is 0 Å². The summed E-state index contributed by atoms with van der Waals surface area (Å²) in [6, 6.07) is 3.49. The van der Waals surface area contributed by atoms with Crippen LogP contribution in [-0.2, 0) is 6.42 Å². The summed E-state index contributed by atoms with van der Waals surface area (Å²) in [5.74, 6) is -0.833. The number of benzene rings is 1. The highest BCUT2D eigenvalue weighted by Gasteiger charge is 2.29. The van der Waals surface area contributed by atoms with E-state index in [1.807, 2.05) is 0 Å². The molecule has 0 bridgehead atoms. The number of rotatable bonds is 1. The first-order valence-corrected chi connectivity index (χ1v) is 4.18. The summed E-state index contributed by atoms with van der Waals surface area (Å²) in [5, 5.41) is 0. The predicted octanol–water partition coefficient (Wildman–Crippen LogP) is 3.69. The second-order valence-corrected chi connectivity index (χ2v) is 3.44. The van der Waals surface area contributed by atoms with Crippen LogP contribution in [0.1, 0.15) is 5.56 Å². The van der Waals surface area contributed by atoms with Gasteiger partial charge in [-0.3, -0.25) is 0 Å². The largest absolute Gasteiger partial charge is 0.393 e. The Morgan fingerprint density at radius 2 is 1.85 bits per heavy atom. The zero-order chi connectivity index (χ0) is 10.1. The van der Waals surface area contributed by atoms with Gasteiger partial charge in [-0.25, -0.2) is 4.39 Å². The van der Waals surface area contributed by atoms with Crippen molar-refractivity contribution in [2.24, 2.45) is 0 Å². The lowest BCUT2D eigenvalue weighted by molar-refractivity contribution is -0.127. The Bertz CT molecular complexity index is 306. The van der Waals surface area contributed by atoms with Crippen LogP contribution in [0.4, 0.5) is 17.6 Å². The van der Waals surface area contributed by atoms with Crippen LogP contribution >= 0.6 is 15.9 Å². The molecule has 1 rings (SSSR count). The van der Waals surface area contributed by atoms with E-state index in [0.717, 1.165) is 12.1 Å². The Balaban J connectivity index is 2.94. The lowest BCUT2D eigenvalue weighted by Crippen LogP contribution is -2.12. The van der Waals surface area contributed by atoms with E-state index in [9.17, 15) is 17.6 Å². The van der Waals surface area contributed by atoms with Crippen molar-refractivity contribution < 1.29 is 17.6 Å². The Labute approximate surface area is 80.7 Å². The molecule has 0 aliphatic heterocycles. The Morgan fingerprint density at radius 3 is 2.38 bits per heavy atom. The molecular weight excluding hydrogens is 252 g/mol. The van der Waals surface area contributed by atoms with Crippen molar-refractivity contribution in [3.8, 4) is 0 Å². The van der Waals surface area contributed by atoms with Gasteiger partial charge in [0.25, 0.3) is 0 Å². The minimum Gasteiger partial charge on any atom is -0.207 e. The maximum absolute atomic E-state index is 12.8. The topological polar surface area (TPSA) is 0 Å². The van der Waals surface area contributed by atoms with Crippen molar-refractivity contribution >= 4 is 15.9 Å². The zero-order valence-electron chi connectivity index (χ0n) is 6.33. The van der Waals surface area contributed by atoms with Crippen LogP contribution in [0.2, 0.25) is 0 Å². The molecule has 5 heteroatoms. The Kier molecular flexibility index (Phi) is 2.95. The lowest BCUT2D eigenvalue weighted by atomic mass is 10.1. The monoisotopic (exact) mass is 256 g/mol. The molecule has 0 saturated carbocycles. The van der Waals surface area contributed by atoms with Gasteiger partial charge >= 0.3 is 6.18 Å². The molecule has 0 radical (unpaired) electrons. The van der Waals surface area contributed by atoms with Crippen molar-refractivity contribution in [1.82, 2.24) is 0 Å². The first kappa shape index (κ1) is 10.5. The van der Waals surface area contributed by atoms with Crippen LogP contribution in [0.25, 0.3) is 0 Å². The lowest BCUT2D eigenvalue weighted by Gasteiger charge is -2.07. The molecule has 0 heterocycles. The molecule has 1 aromatic rings. The van der Waals surface area contributed by atoms with Crippen molar-refractivity contribution in [3.63, 3.8) is 0 Å². The average Bonchev–Trinajstić information content (AvgIpc) is 1.94. The summed E-state index contributed by atoms with van der Waals surface area (Å²) < 4.78 is 48.8. The van der Waals surface area contributed by atoms with Gasteiger partial charge < -0.3 is 0 Å². The van der Waals surface area contributed by atoms with Crippen molar-refractivity contribution in [2.75, 3.05) is 0 Å². The minimum absolute atomic E-state index is 0.345. The quantitative estimate of drug-likeness (QED) is 0.673. The Morgan fingerprint density at radius 1 is 1.23 bits per heavy atom. The fourth-order valence-electron chi connectivity index (χ4n) is 0.895. The minimum atomic E-state index is -4.37. The van der Waals surface area contributed by atoms with Gasteiger partial charge in [0.05, 0.1) is 6.42 Å². The third-order valence-electron chi connectivity index (χ3n) is 1.40. The molecule has 0 amide bonds. The summed E-state index contributed by atoms with van der Waals surface area (Å²) in [4.78, 5) is 0. The summed E-state index contributed by atoms with van der Waals surface area (Å²) >= 11 is 2.97. The van der Waals surface area contributed by atoms with Crippen molar-refractivity contribution in [2.45, 2.75) is 12.6 Å². The number of alkyl halides is 3. The van der Waals surface area contributed by atoms with Gasteiger partial charge in [0.1, 0.15) is 5.82 Å². The molecule has 0 aliphatic rings. The molecular formula is C8H5BrF4. The van der Waals surface area contributed by atoms with Crippen LogP contribution in [0.3, 0.4) is 0 Å². The molecule has 0 atom stereocenters. The van der Waals surface area contributed by atoms with E-state index in [4.69, 9.17) is 0 Å². The van der Waals surface area contributed by atoms with Gasteiger partial charge in [0.2, 0.25) is 0 Å². The van der Waals surface area contributed by atoms with Crippen LogP contribution in [-0.4, -0.2) is 6.18 Å². The molecule has 0 saturated heterocycles. The standard InChI is InChI=1S/C8H5BrF4/c9-6-1-2-7(10)5(3-6)4-8(11,12)13/h1-3H,4H2. The van der Waals surface area contributed by atoms with Gasteiger partial charge in [-0.05, 0) is 23.8 Å².